The Bertz CT molecular complexity index is 637. The zero-order valence-corrected chi connectivity index (χ0v) is 9.87. The molecule has 6 heteroatoms. The highest BCUT2D eigenvalue weighted by atomic mass is 16.5. The van der Waals surface area contributed by atoms with Gasteiger partial charge in [-0.2, -0.15) is 0 Å². The van der Waals surface area contributed by atoms with E-state index in [2.05, 4.69) is 9.68 Å². The van der Waals surface area contributed by atoms with Gasteiger partial charge < -0.3 is 14.5 Å². The van der Waals surface area contributed by atoms with Crippen molar-refractivity contribution in [1.29, 1.82) is 0 Å². The van der Waals surface area contributed by atoms with Gasteiger partial charge in [0.1, 0.15) is 0 Å². The molecule has 96 valence electrons. The minimum Gasteiger partial charge on any atom is -0.475 e. The zero-order chi connectivity index (χ0) is 13.4. The predicted molar refractivity (Wildman–Crippen MR) is 63.5 cm³/mol. The molecule has 0 atom stereocenters. The lowest BCUT2D eigenvalue weighted by Gasteiger charge is -2.12. The van der Waals surface area contributed by atoms with Gasteiger partial charge in [-0.25, -0.2) is 4.79 Å². The number of hydrogen-bond acceptors (Lipinski definition) is 4. The molecule has 1 N–H and O–H groups in total. The van der Waals surface area contributed by atoms with E-state index in [1.54, 1.807) is 4.90 Å². The van der Waals surface area contributed by atoms with Crippen LogP contribution in [0.5, 0.6) is 0 Å². The lowest BCUT2D eigenvalue weighted by atomic mass is 10.1. The standard InChI is InChI=1S/C13H10N2O4/c16-12(10-5-11(13(17)18)19-14-10)15-6-8-3-1-2-4-9(8)7-15/h1-5H,6-7H2,(H,17,18). The van der Waals surface area contributed by atoms with E-state index < -0.39 is 5.97 Å². The molecule has 0 fully saturated rings. The normalized spacial score (nSPS) is 13.4. The number of fused-ring (bicyclic) bond motifs is 1. The third-order valence-electron chi connectivity index (χ3n) is 3.07. The third-order valence-corrected chi connectivity index (χ3v) is 3.07. The first-order chi connectivity index (χ1) is 9.15. The molecule has 1 aromatic carbocycles. The summed E-state index contributed by atoms with van der Waals surface area (Å²) in [7, 11) is 0. The fourth-order valence-corrected chi connectivity index (χ4v) is 2.12. The molecule has 0 unspecified atom stereocenters. The molecule has 19 heavy (non-hydrogen) atoms. The van der Waals surface area contributed by atoms with Crippen LogP contribution in [0.1, 0.15) is 32.2 Å². The highest BCUT2D eigenvalue weighted by molar-refractivity contribution is 5.95. The summed E-state index contributed by atoms with van der Waals surface area (Å²) in [5.74, 6) is -1.90. The van der Waals surface area contributed by atoms with Crippen molar-refractivity contribution in [3.63, 3.8) is 0 Å². The van der Waals surface area contributed by atoms with Crippen LogP contribution in [0.4, 0.5) is 0 Å². The summed E-state index contributed by atoms with van der Waals surface area (Å²) >= 11 is 0. The minimum atomic E-state index is -1.24. The van der Waals surface area contributed by atoms with Gasteiger partial charge in [-0.15, -0.1) is 0 Å². The lowest BCUT2D eigenvalue weighted by molar-refractivity contribution is 0.0648. The van der Waals surface area contributed by atoms with Crippen LogP contribution in [-0.4, -0.2) is 27.0 Å². The number of carbonyl (C=O) groups is 2. The van der Waals surface area contributed by atoms with Crippen molar-refractivity contribution in [3.05, 3.63) is 52.9 Å². The average molecular weight is 258 g/mol. The van der Waals surface area contributed by atoms with E-state index >= 15 is 0 Å². The molecule has 2 heterocycles. The molecular formula is C13H10N2O4. The quantitative estimate of drug-likeness (QED) is 0.883. The zero-order valence-electron chi connectivity index (χ0n) is 9.87. The van der Waals surface area contributed by atoms with Crippen molar-refractivity contribution in [1.82, 2.24) is 10.1 Å². The number of carboxylic acids is 1. The Labute approximate surface area is 108 Å². The number of aromatic nitrogens is 1. The second-order valence-corrected chi connectivity index (χ2v) is 4.31. The van der Waals surface area contributed by atoms with Gasteiger partial charge in [0, 0.05) is 19.2 Å². The number of benzene rings is 1. The first kappa shape index (κ1) is 11.5. The largest absolute Gasteiger partial charge is 0.475 e. The summed E-state index contributed by atoms with van der Waals surface area (Å²) in [6.07, 6.45) is 0. The maximum atomic E-state index is 12.2. The Hall–Kier alpha value is -2.63. The maximum absolute atomic E-state index is 12.2. The van der Waals surface area contributed by atoms with E-state index in [0.29, 0.717) is 13.1 Å². The van der Waals surface area contributed by atoms with E-state index in [1.165, 1.54) is 0 Å². The van der Waals surface area contributed by atoms with Gasteiger partial charge in [-0.3, -0.25) is 4.79 Å². The molecule has 1 aromatic heterocycles. The van der Waals surface area contributed by atoms with E-state index in [0.717, 1.165) is 17.2 Å². The van der Waals surface area contributed by atoms with Crippen molar-refractivity contribution in [2.45, 2.75) is 13.1 Å². The third kappa shape index (κ3) is 1.97. The van der Waals surface area contributed by atoms with E-state index in [1.807, 2.05) is 24.3 Å². The van der Waals surface area contributed by atoms with Crippen LogP contribution in [0.25, 0.3) is 0 Å². The lowest BCUT2D eigenvalue weighted by Crippen LogP contribution is -2.25. The van der Waals surface area contributed by atoms with Gasteiger partial charge in [-0.1, -0.05) is 29.4 Å². The number of carbonyl (C=O) groups excluding carboxylic acids is 1. The molecule has 1 aliphatic rings. The van der Waals surface area contributed by atoms with Crippen molar-refractivity contribution < 1.29 is 19.2 Å². The van der Waals surface area contributed by atoms with Gasteiger partial charge >= 0.3 is 5.97 Å². The molecule has 0 saturated carbocycles. The highest BCUT2D eigenvalue weighted by Gasteiger charge is 2.26. The van der Waals surface area contributed by atoms with Crippen LogP contribution >= 0.6 is 0 Å². The summed E-state index contributed by atoms with van der Waals surface area (Å²) in [6.45, 7) is 1.01. The number of hydrogen-bond donors (Lipinski definition) is 1. The first-order valence-electron chi connectivity index (χ1n) is 5.71. The smallest absolute Gasteiger partial charge is 0.374 e. The van der Waals surface area contributed by atoms with Crippen LogP contribution in [-0.2, 0) is 13.1 Å². The van der Waals surface area contributed by atoms with Crippen LogP contribution in [0.2, 0.25) is 0 Å². The Kier molecular flexibility index (Phi) is 2.56. The fourth-order valence-electron chi connectivity index (χ4n) is 2.12. The molecule has 6 nitrogen and oxygen atoms in total. The van der Waals surface area contributed by atoms with Gasteiger partial charge in [0.2, 0.25) is 5.76 Å². The van der Waals surface area contributed by atoms with Gasteiger partial charge in [0.15, 0.2) is 5.69 Å². The Morgan fingerprint density at radius 1 is 1.21 bits per heavy atom. The SMILES string of the molecule is O=C(O)c1cc(C(=O)N2Cc3ccccc3C2)no1. The molecule has 3 rings (SSSR count). The fraction of sp³-hybridized carbons (Fsp3) is 0.154. The topological polar surface area (TPSA) is 83.6 Å². The van der Waals surface area contributed by atoms with Crippen molar-refractivity contribution in [3.8, 4) is 0 Å². The number of carboxylic acid groups (broad SMARTS) is 1. The molecule has 1 aliphatic heterocycles. The minimum absolute atomic E-state index is 0.0187. The summed E-state index contributed by atoms with van der Waals surface area (Å²) in [4.78, 5) is 24.4. The molecule has 2 aromatic rings. The molecule has 0 spiro atoms. The second-order valence-electron chi connectivity index (χ2n) is 4.31. The molecule has 0 radical (unpaired) electrons. The molecule has 0 aliphatic carbocycles. The maximum Gasteiger partial charge on any atom is 0.374 e. The van der Waals surface area contributed by atoms with Gasteiger partial charge in [-0.05, 0) is 11.1 Å². The Morgan fingerprint density at radius 2 is 1.84 bits per heavy atom. The number of aromatic carboxylic acids is 1. The molecule has 1 amide bonds. The number of amides is 1. The summed E-state index contributed by atoms with van der Waals surface area (Å²) in [6, 6.07) is 8.92. The van der Waals surface area contributed by atoms with Crippen molar-refractivity contribution >= 4 is 11.9 Å². The van der Waals surface area contributed by atoms with Gasteiger partial charge in [0.25, 0.3) is 5.91 Å². The monoisotopic (exact) mass is 258 g/mol. The summed E-state index contributed by atoms with van der Waals surface area (Å²) in [5.41, 5.74) is 2.21. The predicted octanol–water partition coefficient (Wildman–Crippen LogP) is 1.53. The van der Waals surface area contributed by atoms with Crippen LogP contribution in [0, 0.1) is 0 Å². The summed E-state index contributed by atoms with van der Waals surface area (Å²) in [5, 5.41) is 12.2. The number of rotatable bonds is 2. The van der Waals surface area contributed by atoms with E-state index in [9.17, 15) is 9.59 Å². The first-order valence-corrected chi connectivity index (χ1v) is 5.71. The average Bonchev–Trinajstić information content (AvgIpc) is 3.04. The highest BCUT2D eigenvalue weighted by Crippen LogP contribution is 2.23. The second kappa shape index (κ2) is 4.24. The molecule has 0 bridgehead atoms. The van der Waals surface area contributed by atoms with Crippen LogP contribution in [0.15, 0.2) is 34.9 Å². The summed E-state index contributed by atoms with van der Waals surface area (Å²) < 4.78 is 4.59. The number of nitrogens with zero attached hydrogens (tertiary/aromatic N) is 2. The van der Waals surface area contributed by atoms with Crippen LogP contribution in [0.3, 0.4) is 0 Å². The van der Waals surface area contributed by atoms with Crippen LogP contribution < -0.4 is 0 Å². The van der Waals surface area contributed by atoms with Gasteiger partial charge in [0.05, 0.1) is 0 Å². The van der Waals surface area contributed by atoms with Crippen molar-refractivity contribution in [2.24, 2.45) is 0 Å². The Morgan fingerprint density at radius 3 is 2.37 bits per heavy atom. The Balaban J connectivity index is 1.81. The van der Waals surface area contributed by atoms with Crippen molar-refractivity contribution in [2.75, 3.05) is 0 Å². The molecule has 0 saturated heterocycles. The molecular weight excluding hydrogens is 248 g/mol. The van der Waals surface area contributed by atoms with E-state index in [4.69, 9.17) is 5.11 Å². The van der Waals surface area contributed by atoms with E-state index in [-0.39, 0.29) is 17.4 Å².